The van der Waals surface area contributed by atoms with Gasteiger partial charge in [-0.05, 0) is 12.0 Å². The van der Waals surface area contributed by atoms with Gasteiger partial charge >= 0.3 is 6.61 Å². The molecule has 86 valence electrons. The van der Waals surface area contributed by atoms with E-state index in [1.807, 2.05) is 30.3 Å². The van der Waals surface area contributed by atoms with Crippen LogP contribution in [0.5, 0.6) is 0 Å². The molecule has 0 saturated carbocycles. The lowest BCUT2D eigenvalue weighted by Gasteiger charge is -2.01. The van der Waals surface area contributed by atoms with Crippen molar-refractivity contribution < 1.29 is 13.5 Å². The molecule has 0 atom stereocenters. The van der Waals surface area contributed by atoms with Crippen molar-refractivity contribution in [3.05, 3.63) is 35.9 Å². The predicted octanol–water partition coefficient (Wildman–Crippen LogP) is 3.88. The number of hydrogen-bond donors (Lipinski definition) is 0. The predicted molar refractivity (Wildman–Crippen MR) is 58.1 cm³/mol. The van der Waals surface area contributed by atoms with Gasteiger partial charge in [0.2, 0.25) is 0 Å². The summed E-state index contributed by atoms with van der Waals surface area (Å²) in [5.74, 6) is 0. The maximum atomic E-state index is 11.5. The van der Waals surface area contributed by atoms with Crippen LogP contribution in [0.3, 0.4) is 0 Å². The van der Waals surface area contributed by atoms with Gasteiger partial charge in [0.1, 0.15) is 0 Å². The summed E-state index contributed by atoms with van der Waals surface area (Å²) in [7, 11) is 0. The van der Waals surface area contributed by atoms with Gasteiger partial charge in [0.15, 0.2) is 0 Å². The summed E-state index contributed by atoms with van der Waals surface area (Å²) in [5.41, 5.74) is 1.01. The second-order valence-electron chi connectivity index (χ2n) is 3.07. The van der Waals surface area contributed by atoms with E-state index < -0.39 is 6.61 Å². The fraction of sp³-hybridized carbons (Fsp3) is 0.500. The van der Waals surface area contributed by atoms with Gasteiger partial charge in [-0.1, -0.05) is 50.6 Å². The third-order valence-electron chi connectivity index (χ3n) is 1.48. The molecular weight excluding hydrogens is 198 g/mol. The summed E-state index contributed by atoms with van der Waals surface area (Å²) >= 11 is 0. The number of rotatable bonds is 4. The van der Waals surface area contributed by atoms with Crippen LogP contribution < -0.4 is 0 Å². The molecule has 0 N–H and O–H groups in total. The second-order valence-corrected chi connectivity index (χ2v) is 3.07. The number of benzene rings is 1. The van der Waals surface area contributed by atoms with E-state index in [0.29, 0.717) is 6.42 Å². The van der Waals surface area contributed by atoms with Gasteiger partial charge in [0.25, 0.3) is 0 Å². The first kappa shape index (κ1) is 14.0. The van der Waals surface area contributed by atoms with Crippen LogP contribution >= 0.6 is 0 Å². The number of ether oxygens (including phenoxy) is 1. The Morgan fingerprint density at radius 2 is 1.67 bits per heavy atom. The first-order chi connectivity index (χ1) is 7.20. The third kappa shape index (κ3) is 9.35. The lowest BCUT2D eigenvalue weighted by atomic mass is 10.2. The van der Waals surface area contributed by atoms with Gasteiger partial charge in [-0.3, -0.25) is 0 Å². The summed E-state index contributed by atoms with van der Waals surface area (Å²) < 4.78 is 27.1. The molecule has 15 heavy (non-hydrogen) atoms. The average molecular weight is 216 g/mol. The SMILES string of the molecule is CCC.FC(F)OCCc1ccccc1. The average Bonchev–Trinajstić information content (AvgIpc) is 2.20. The zero-order chi connectivity index (χ0) is 11.5. The Balaban J connectivity index is 0.000000583. The van der Waals surface area contributed by atoms with Crippen LogP contribution in [0.2, 0.25) is 0 Å². The van der Waals surface area contributed by atoms with Crippen molar-refractivity contribution in [2.75, 3.05) is 6.61 Å². The molecule has 0 aliphatic heterocycles. The Kier molecular flexibility index (Phi) is 8.98. The minimum atomic E-state index is -2.66. The highest BCUT2D eigenvalue weighted by molar-refractivity contribution is 5.14. The fourth-order valence-corrected chi connectivity index (χ4v) is 0.911. The van der Waals surface area contributed by atoms with E-state index in [1.54, 1.807) is 0 Å². The van der Waals surface area contributed by atoms with E-state index in [9.17, 15) is 8.78 Å². The van der Waals surface area contributed by atoms with Crippen LogP contribution in [0, 0.1) is 0 Å². The summed E-state index contributed by atoms with van der Waals surface area (Å²) in [6.07, 6.45) is 1.78. The molecule has 0 unspecified atom stereocenters. The zero-order valence-electron chi connectivity index (χ0n) is 9.25. The maximum Gasteiger partial charge on any atom is 0.345 e. The molecule has 0 spiro atoms. The number of alkyl halides is 2. The zero-order valence-corrected chi connectivity index (χ0v) is 9.25. The van der Waals surface area contributed by atoms with E-state index >= 15 is 0 Å². The van der Waals surface area contributed by atoms with E-state index in [2.05, 4.69) is 18.6 Å². The molecule has 0 bridgehead atoms. The van der Waals surface area contributed by atoms with Crippen LogP contribution in [0.1, 0.15) is 25.8 Å². The van der Waals surface area contributed by atoms with E-state index in [4.69, 9.17) is 0 Å². The summed E-state index contributed by atoms with van der Waals surface area (Å²) in [6.45, 7) is 1.66. The molecule has 0 aliphatic rings. The highest BCUT2D eigenvalue weighted by Gasteiger charge is 2.00. The Labute approximate surface area is 90.1 Å². The van der Waals surface area contributed by atoms with Gasteiger partial charge in [0, 0.05) is 0 Å². The van der Waals surface area contributed by atoms with Crippen molar-refractivity contribution in [2.24, 2.45) is 0 Å². The normalized spacial score (nSPS) is 9.67. The van der Waals surface area contributed by atoms with Gasteiger partial charge in [-0.2, -0.15) is 8.78 Å². The minimum Gasteiger partial charge on any atom is -0.323 e. The largest absolute Gasteiger partial charge is 0.345 e. The molecule has 0 heterocycles. The van der Waals surface area contributed by atoms with Gasteiger partial charge in [-0.15, -0.1) is 0 Å². The van der Waals surface area contributed by atoms with E-state index in [-0.39, 0.29) is 6.61 Å². The van der Waals surface area contributed by atoms with Crippen molar-refractivity contribution in [1.82, 2.24) is 0 Å². The van der Waals surface area contributed by atoms with Crippen LogP contribution in [-0.4, -0.2) is 13.2 Å². The smallest absolute Gasteiger partial charge is 0.323 e. The Hall–Kier alpha value is -0.960. The highest BCUT2D eigenvalue weighted by atomic mass is 19.3. The van der Waals surface area contributed by atoms with Crippen molar-refractivity contribution in [3.63, 3.8) is 0 Å². The van der Waals surface area contributed by atoms with Crippen molar-refractivity contribution in [2.45, 2.75) is 33.3 Å². The topological polar surface area (TPSA) is 9.23 Å². The molecule has 0 radical (unpaired) electrons. The summed E-state index contributed by atoms with van der Waals surface area (Å²) in [6, 6.07) is 9.40. The fourth-order valence-electron chi connectivity index (χ4n) is 0.911. The molecule has 1 rings (SSSR count). The minimum absolute atomic E-state index is 0.0711. The van der Waals surface area contributed by atoms with E-state index in [0.717, 1.165) is 5.56 Å². The van der Waals surface area contributed by atoms with Crippen molar-refractivity contribution in [1.29, 1.82) is 0 Å². The molecule has 3 heteroatoms. The highest BCUT2D eigenvalue weighted by Crippen LogP contribution is 2.01. The number of halogens is 2. The molecule has 0 saturated heterocycles. The summed E-state index contributed by atoms with van der Waals surface area (Å²) in [5, 5.41) is 0. The summed E-state index contributed by atoms with van der Waals surface area (Å²) in [4.78, 5) is 0. The van der Waals surface area contributed by atoms with Crippen LogP contribution in [0.4, 0.5) is 8.78 Å². The van der Waals surface area contributed by atoms with Crippen molar-refractivity contribution >= 4 is 0 Å². The molecule has 1 aromatic rings. The molecule has 1 aromatic carbocycles. The standard InChI is InChI=1S/C9H10F2O.C3H8/c10-9(11)12-7-6-8-4-2-1-3-5-8;1-3-2/h1-5,9H,6-7H2;3H2,1-2H3. The van der Waals surface area contributed by atoms with Crippen LogP contribution in [0.15, 0.2) is 30.3 Å². The Morgan fingerprint density at radius 3 is 2.13 bits per heavy atom. The van der Waals surface area contributed by atoms with Crippen LogP contribution in [-0.2, 0) is 11.2 Å². The molecule has 0 aromatic heterocycles. The van der Waals surface area contributed by atoms with Crippen molar-refractivity contribution in [3.8, 4) is 0 Å². The quantitative estimate of drug-likeness (QED) is 0.742. The molecule has 1 nitrogen and oxygen atoms in total. The first-order valence-corrected chi connectivity index (χ1v) is 5.14. The maximum absolute atomic E-state index is 11.5. The molecule has 0 amide bonds. The monoisotopic (exact) mass is 216 g/mol. The third-order valence-corrected chi connectivity index (χ3v) is 1.48. The van der Waals surface area contributed by atoms with Gasteiger partial charge in [0.05, 0.1) is 6.61 Å². The van der Waals surface area contributed by atoms with Crippen LogP contribution in [0.25, 0.3) is 0 Å². The Morgan fingerprint density at radius 1 is 1.13 bits per heavy atom. The second kappa shape index (κ2) is 9.59. The molecular formula is C12H18F2O. The first-order valence-electron chi connectivity index (χ1n) is 5.14. The Bertz CT molecular complexity index is 224. The lowest BCUT2D eigenvalue weighted by Crippen LogP contribution is -2.03. The molecule has 0 aliphatic carbocycles. The number of hydrogen-bond acceptors (Lipinski definition) is 1. The van der Waals surface area contributed by atoms with E-state index in [1.165, 1.54) is 6.42 Å². The molecule has 0 fully saturated rings. The van der Waals surface area contributed by atoms with Gasteiger partial charge in [-0.25, -0.2) is 0 Å². The lowest BCUT2D eigenvalue weighted by molar-refractivity contribution is -0.127. The van der Waals surface area contributed by atoms with Gasteiger partial charge < -0.3 is 4.74 Å².